The summed E-state index contributed by atoms with van der Waals surface area (Å²) in [5.41, 5.74) is 4.14. The van der Waals surface area contributed by atoms with Crippen LogP contribution >= 0.6 is 22.7 Å². The third kappa shape index (κ3) is 4.34. The maximum absolute atomic E-state index is 12.8. The van der Waals surface area contributed by atoms with Gasteiger partial charge in [-0.3, -0.25) is 4.79 Å². The van der Waals surface area contributed by atoms with Gasteiger partial charge in [0.25, 0.3) is 0 Å². The topological polar surface area (TPSA) is 73.6 Å². The summed E-state index contributed by atoms with van der Waals surface area (Å²) in [6.45, 7) is 2.34. The van der Waals surface area contributed by atoms with Crippen molar-refractivity contribution in [1.29, 1.82) is 0 Å². The van der Waals surface area contributed by atoms with Gasteiger partial charge in [0.1, 0.15) is 15.8 Å². The Morgan fingerprint density at radius 2 is 1.97 bits per heavy atom. The van der Waals surface area contributed by atoms with Crippen LogP contribution in [0.3, 0.4) is 0 Å². The molecule has 2 aromatic carbocycles. The number of rotatable bonds is 6. The van der Waals surface area contributed by atoms with Crippen molar-refractivity contribution in [3.05, 3.63) is 88.7 Å². The van der Waals surface area contributed by atoms with Gasteiger partial charge in [0.15, 0.2) is 11.5 Å². The molecule has 0 aliphatic carbocycles. The SMILES string of the molecule is Cc1c(Cc2ccc3c(c2)OCO3)sc(NC(=O)/C=C/c2ccco2)c1-c1nc2ccccc2s1. The monoisotopic (exact) mass is 500 g/mol. The normalized spacial score (nSPS) is 12.6. The quantitative estimate of drug-likeness (QED) is 0.257. The third-order valence-corrected chi connectivity index (χ3v) is 8.00. The van der Waals surface area contributed by atoms with Gasteiger partial charge < -0.3 is 19.2 Å². The number of nitrogens with one attached hydrogen (secondary N) is 1. The number of anilines is 1. The Balaban J connectivity index is 1.36. The van der Waals surface area contributed by atoms with Crippen molar-refractivity contribution in [1.82, 2.24) is 4.98 Å². The molecule has 6 nitrogen and oxygen atoms in total. The largest absolute Gasteiger partial charge is 0.465 e. The molecule has 4 heterocycles. The molecular weight excluding hydrogens is 480 g/mol. The summed E-state index contributed by atoms with van der Waals surface area (Å²) in [6.07, 6.45) is 5.42. The highest BCUT2D eigenvalue weighted by Crippen LogP contribution is 2.44. The predicted octanol–water partition coefficient (Wildman–Crippen LogP) is 6.90. The summed E-state index contributed by atoms with van der Waals surface area (Å²) in [6, 6.07) is 17.7. The molecule has 1 aliphatic heterocycles. The van der Waals surface area contributed by atoms with E-state index in [1.54, 1.807) is 47.1 Å². The molecule has 35 heavy (non-hydrogen) atoms. The van der Waals surface area contributed by atoms with Crippen molar-refractivity contribution in [2.75, 3.05) is 12.1 Å². The number of fused-ring (bicyclic) bond motifs is 2. The van der Waals surface area contributed by atoms with E-state index in [1.165, 1.54) is 6.08 Å². The Kier molecular flexibility index (Phi) is 5.60. The van der Waals surface area contributed by atoms with E-state index in [1.807, 2.05) is 36.4 Å². The van der Waals surface area contributed by atoms with Crippen molar-refractivity contribution in [2.45, 2.75) is 13.3 Å². The lowest BCUT2D eigenvalue weighted by Crippen LogP contribution is -2.07. The minimum atomic E-state index is -0.223. The number of amides is 1. The smallest absolute Gasteiger partial charge is 0.249 e. The minimum absolute atomic E-state index is 0.223. The number of furan rings is 1. The summed E-state index contributed by atoms with van der Waals surface area (Å²) in [5, 5.41) is 4.75. The molecule has 5 aromatic rings. The lowest BCUT2D eigenvalue weighted by atomic mass is 10.1. The van der Waals surface area contributed by atoms with Crippen LogP contribution in [0.4, 0.5) is 5.00 Å². The first-order chi connectivity index (χ1) is 17.1. The number of thiophene rings is 1. The Labute approximate surface area is 209 Å². The van der Waals surface area contributed by atoms with Crippen molar-refractivity contribution in [3.63, 3.8) is 0 Å². The van der Waals surface area contributed by atoms with Crippen LogP contribution in [0.15, 0.2) is 71.4 Å². The molecule has 1 amide bonds. The predicted molar refractivity (Wildman–Crippen MR) is 139 cm³/mol. The first-order valence-corrected chi connectivity index (χ1v) is 12.7. The van der Waals surface area contributed by atoms with Gasteiger partial charge in [-0.2, -0.15) is 0 Å². The third-order valence-electron chi connectivity index (χ3n) is 5.73. The molecule has 0 bridgehead atoms. The van der Waals surface area contributed by atoms with Crippen LogP contribution in [0, 0.1) is 6.92 Å². The van der Waals surface area contributed by atoms with E-state index in [4.69, 9.17) is 18.9 Å². The van der Waals surface area contributed by atoms with Crippen LogP contribution in [0.1, 0.15) is 21.8 Å². The summed E-state index contributed by atoms with van der Waals surface area (Å²) >= 11 is 3.20. The van der Waals surface area contributed by atoms with Crippen LogP contribution in [0.2, 0.25) is 0 Å². The zero-order valence-corrected chi connectivity index (χ0v) is 20.4. The second-order valence-corrected chi connectivity index (χ2v) is 10.2. The molecule has 6 rings (SSSR count). The Morgan fingerprint density at radius 1 is 1.09 bits per heavy atom. The molecule has 3 aromatic heterocycles. The van der Waals surface area contributed by atoms with E-state index >= 15 is 0 Å². The maximum Gasteiger partial charge on any atom is 0.249 e. The van der Waals surface area contributed by atoms with E-state index in [2.05, 4.69) is 18.3 Å². The number of ether oxygens (including phenoxy) is 2. The first-order valence-electron chi connectivity index (χ1n) is 11.0. The highest BCUT2D eigenvalue weighted by molar-refractivity contribution is 7.22. The van der Waals surface area contributed by atoms with Gasteiger partial charge in [0, 0.05) is 22.9 Å². The number of thiazole rings is 1. The molecule has 0 spiro atoms. The van der Waals surface area contributed by atoms with Gasteiger partial charge in [-0.1, -0.05) is 18.2 Å². The molecule has 1 N–H and O–H groups in total. The zero-order chi connectivity index (χ0) is 23.8. The van der Waals surface area contributed by atoms with Gasteiger partial charge in [-0.15, -0.1) is 22.7 Å². The molecule has 0 fully saturated rings. The van der Waals surface area contributed by atoms with Gasteiger partial charge in [-0.25, -0.2) is 4.98 Å². The molecule has 174 valence electrons. The van der Waals surface area contributed by atoms with Gasteiger partial charge in [-0.05, 0) is 60.5 Å². The van der Waals surface area contributed by atoms with E-state index in [0.29, 0.717) is 12.2 Å². The molecule has 0 atom stereocenters. The van der Waals surface area contributed by atoms with Crippen molar-refractivity contribution in [2.24, 2.45) is 0 Å². The summed E-state index contributed by atoms with van der Waals surface area (Å²) in [5.74, 6) is 1.93. The van der Waals surface area contributed by atoms with Crippen molar-refractivity contribution >= 4 is 49.9 Å². The van der Waals surface area contributed by atoms with Gasteiger partial charge in [0.2, 0.25) is 12.7 Å². The first kappa shape index (κ1) is 21.6. The number of carbonyl (C=O) groups excluding carboxylic acids is 1. The van der Waals surface area contributed by atoms with Gasteiger partial charge in [0.05, 0.1) is 16.5 Å². The average Bonchev–Trinajstić information content (AvgIpc) is 3.65. The van der Waals surface area contributed by atoms with Crippen LogP contribution < -0.4 is 14.8 Å². The molecular formula is C27H20N2O4S2. The second kappa shape index (κ2) is 9.05. The lowest BCUT2D eigenvalue weighted by molar-refractivity contribution is -0.111. The molecule has 0 radical (unpaired) electrons. The van der Waals surface area contributed by atoms with Crippen LogP contribution in [0.25, 0.3) is 26.9 Å². The standard InChI is InChI=1S/C27H20N2O4S2/c1-16-23(14-17-8-10-20-21(13-17)33-15-32-20)35-27(29-24(30)11-9-18-5-4-12-31-18)25(16)26-28-19-6-2-3-7-22(19)34-26/h2-13H,14-15H2,1H3,(H,29,30)/b11-9+. The fraction of sp³-hybridized carbons (Fsp3) is 0.111. The van der Waals surface area contributed by atoms with Crippen LogP contribution in [-0.4, -0.2) is 17.7 Å². The summed E-state index contributed by atoms with van der Waals surface area (Å²) in [7, 11) is 0. The van der Waals surface area contributed by atoms with E-state index in [9.17, 15) is 4.79 Å². The molecule has 1 aliphatic rings. The highest BCUT2D eigenvalue weighted by Gasteiger charge is 2.22. The fourth-order valence-electron chi connectivity index (χ4n) is 3.99. The second-order valence-electron chi connectivity index (χ2n) is 8.04. The average molecular weight is 501 g/mol. The Bertz CT molecular complexity index is 1530. The Hall–Kier alpha value is -3.88. The minimum Gasteiger partial charge on any atom is -0.465 e. The fourth-order valence-corrected chi connectivity index (χ4v) is 6.37. The number of benzene rings is 2. The van der Waals surface area contributed by atoms with Crippen LogP contribution in [-0.2, 0) is 11.2 Å². The number of hydrogen-bond donors (Lipinski definition) is 1. The van der Waals surface area contributed by atoms with Gasteiger partial charge >= 0.3 is 0 Å². The maximum atomic E-state index is 12.8. The Morgan fingerprint density at radius 3 is 2.83 bits per heavy atom. The molecule has 0 saturated heterocycles. The number of carbonyl (C=O) groups is 1. The summed E-state index contributed by atoms with van der Waals surface area (Å²) in [4.78, 5) is 18.8. The van der Waals surface area contributed by atoms with Crippen molar-refractivity contribution in [3.8, 4) is 22.1 Å². The molecule has 8 heteroatoms. The molecule has 0 unspecified atom stereocenters. The molecule has 0 saturated carbocycles. The van der Waals surface area contributed by atoms with Crippen LogP contribution in [0.5, 0.6) is 11.5 Å². The summed E-state index contributed by atoms with van der Waals surface area (Å²) < 4.78 is 17.4. The van der Waals surface area contributed by atoms with Crippen molar-refractivity contribution < 1.29 is 18.7 Å². The lowest BCUT2D eigenvalue weighted by Gasteiger charge is -2.04. The zero-order valence-electron chi connectivity index (χ0n) is 18.7. The van der Waals surface area contributed by atoms with E-state index in [-0.39, 0.29) is 12.7 Å². The number of aromatic nitrogens is 1. The number of para-hydroxylation sites is 1. The van der Waals surface area contributed by atoms with E-state index in [0.717, 1.165) is 53.3 Å². The number of nitrogens with zero attached hydrogens (tertiary/aromatic N) is 1. The van der Waals surface area contributed by atoms with E-state index < -0.39 is 0 Å². The highest BCUT2D eigenvalue weighted by atomic mass is 32.1. The number of hydrogen-bond acceptors (Lipinski definition) is 7.